The Morgan fingerprint density at radius 3 is 2.10 bits per heavy atom. The summed E-state index contributed by atoms with van der Waals surface area (Å²) in [4.78, 5) is 28.9. The molecule has 0 bridgehead atoms. The minimum atomic E-state index is -4.16. The molecule has 0 fully saturated rings. The number of nitrogens with one attached hydrogen (secondary N) is 1. The van der Waals surface area contributed by atoms with Gasteiger partial charge in [0.05, 0.1) is 10.6 Å². The van der Waals surface area contributed by atoms with Gasteiger partial charge in [-0.25, -0.2) is 8.42 Å². The molecule has 11 heteroatoms. The number of carbonyl (C=O) groups is 2. The van der Waals surface area contributed by atoms with E-state index >= 15 is 0 Å². The van der Waals surface area contributed by atoms with Crippen molar-refractivity contribution in [3.8, 4) is 0 Å². The van der Waals surface area contributed by atoms with Crippen molar-refractivity contribution in [2.45, 2.75) is 57.1 Å². The second-order valence-electron chi connectivity index (χ2n) is 10.2. The minimum absolute atomic E-state index is 0.0287. The van der Waals surface area contributed by atoms with Gasteiger partial charge in [0.15, 0.2) is 0 Å². The fourth-order valence-corrected chi connectivity index (χ4v) is 6.44. The first-order chi connectivity index (χ1) is 18.7. The highest BCUT2D eigenvalue weighted by atomic mass is 79.9. The van der Waals surface area contributed by atoms with Crippen molar-refractivity contribution >= 4 is 66.7 Å². The van der Waals surface area contributed by atoms with Gasteiger partial charge in [0.1, 0.15) is 12.6 Å². The first-order valence-electron chi connectivity index (χ1n) is 12.6. The Labute approximate surface area is 254 Å². The van der Waals surface area contributed by atoms with E-state index in [9.17, 15) is 18.0 Å². The Morgan fingerprint density at radius 1 is 0.950 bits per heavy atom. The zero-order chi connectivity index (χ0) is 29.7. The van der Waals surface area contributed by atoms with E-state index in [1.807, 2.05) is 20.8 Å². The largest absolute Gasteiger partial charge is 0.350 e. The van der Waals surface area contributed by atoms with Gasteiger partial charge in [-0.2, -0.15) is 0 Å². The summed E-state index contributed by atoms with van der Waals surface area (Å²) in [6.45, 7) is 6.66. The number of halogens is 3. The number of hydrogen-bond acceptors (Lipinski definition) is 4. The maximum atomic E-state index is 14.1. The molecule has 0 aliphatic carbocycles. The summed E-state index contributed by atoms with van der Waals surface area (Å²) in [6.07, 6.45) is 0.276. The predicted octanol–water partition coefficient (Wildman–Crippen LogP) is 6.67. The molecule has 3 rings (SSSR count). The normalized spacial score (nSPS) is 12.5. The van der Waals surface area contributed by atoms with Crippen LogP contribution in [0.1, 0.15) is 39.7 Å². The van der Waals surface area contributed by atoms with E-state index in [0.717, 1.165) is 4.31 Å². The van der Waals surface area contributed by atoms with Crippen LogP contribution < -0.4 is 9.62 Å². The number of sulfonamides is 1. The molecule has 7 nitrogen and oxygen atoms in total. The number of rotatable bonds is 10. The molecule has 1 N–H and O–H groups in total. The van der Waals surface area contributed by atoms with Crippen LogP contribution in [-0.4, -0.2) is 43.3 Å². The Morgan fingerprint density at radius 2 is 1.55 bits per heavy atom. The molecule has 214 valence electrons. The van der Waals surface area contributed by atoms with Gasteiger partial charge in [-0.1, -0.05) is 76.4 Å². The SMILES string of the molecule is CC[C@H](C(=O)NC(C)(C)C)N(Cc1c(Cl)cccc1Cl)C(=O)CN(c1cccc(Br)c1)S(=O)(=O)c1ccccc1. The topological polar surface area (TPSA) is 86.8 Å². The lowest BCUT2D eigenvalue weighted by molar-refractivity contribution is -0.141. The third-order valence-electron chi connectivity index (χ3n) is 5.98. The minimum Gasteiger partial charge on any atom is -0.350 e. The van der Waals surface area contributed by atoms with Crippen molar-refractivity contribution < 1.29 is 18.0 Å². The highest BCUT2D eigenvalue weighted by Crippen LogP contribution is 2.29. The number of amides is 2. The number of hydrogen-bond donors (Lipinski definition) is 1. The monoisotopic (exact) mass is 667 g/mol. The van der Waals surface area contributed by atoms with Crippen LogP contribution in [0.15, 0.2) is 82.2 Å². The molecular formula is C29H32BrCl2N3O4S. The Balaban J connectivity index is 2.11. The Kier molecular flexibility index (Phi) is 10.7. The van der Waals surface area contributed by atoms with Crippen LogP contribution in [0.3, 0.4) is 0 Å². The second-order valence-corrected chi connectivity index (χ2v) is 13.8. The van der Waals surface area contributed by atoms with E-state index in [0.29, 0.717) is 20.1 Å². The Hall–Kier alpha value is -2.59. The van der Waals surface area contributed by atoms with Gasteiger partial charge in [-0.05, 0) is 69.7 Å². The molecule has 0 heterocycles. The summed E-state index contributed by atoms with van der Waals surface area (Å²) in [6, 6.07) is 18.6. The van der Waals surface area contributed by atoms with E-state index in [4.69, 9.17) is 23.2 Å². The average molecular weight is 669 g/mol. The second kappa shape index (κ2) is 13.4. The third-order valence-corrected chi connectivity index (χ3v) is 8.97. The summed E-state index contributed by atoms with van der Waals surface area (Å²) in [7, 11) is -4.16. The van der Waals surface area contributed by atoms with Crippen LogP contribution in [0.5, 0.6) is 0 Å². The van der Waals surface area contributed by atoms with E-state index < -0.39 is 34.1 Å². The maximum absolute atomic E-state index is 14.1. The predicted molar refractivity (Wildman–Crippen MR) is 164 cm³/mol. The van der Waals surface area contributed by atoms with Crippen molar-refractivity contribution in [2.75, 3.05) is 10.8 Å². The van der Waals surface area contributed by atoms with Crippen LogP contribution >= 0.6 is 39.1 Å². The summed E-state index contributed by atoms with van der Waals surface area (Å²) in [5, 5.41) is 3.59. The van der Waals surface area contributed by atoms with E-state index in [2.05, 4.69) is 21.2 Å². The fraction of sp³-hybridized carbons (Fsp3) is 0.310. The first-order valence-corrected chi connectivity index (χ1v) is 15.6. The van der Waals surface area contributed by atoms with Gasteiger partial charge in [-0.15, -0.1) is 0 Å². The molecular weight excluding hydrogens is 637 g/mol. The molecule has 0 saturated carbocycles. The lowest BCUT2D eigenvalue weighted by Crippen LogP contribution is -2.55. The van der Waals surface area contributed by atoms with Crippen molar-refractivity contribution in [2.24, 2.45) is 0 Å². The van der Waals surface area contributed by atoms with E-state index in [-0.39, 0.29) is 29.5 Å². The van der Waals surface area contributed by atoms with E-state index in [1.54, 1.807) is 67.6 Å². The van der Waals surface area contributed by atoms with Gasteiger partial charge in [0, 0.05) is 32.2 Å². The van der Waals surface area contributed by atoms with Crippen molar-refractivity contribution in [1.82, 2.24) is 10.2 Å². The smallest absolute Gasteiger partial charge is 0.264 e. The summed E-state index contributed by atoms with van der Waals surface area (Å²) in [5.41, 5.74) is 0.191. The molecule has 0 aliphatic rings. The standard InChI is InChI=1S/C29H32BrCl2N3O4S/c1-5-26(28(37)33-29(2,3)4)34(18-23-24(31)15-10-16-25(23)32)27(36)19-35(21-12-9-11-20(30)17-21)40(38,39)22-13-7-6-8-14-22/h6-17,26H,5,18-19H2,1-4H3,(H,33,37)/t26-/m1/s1. The molecule has 0 aliphatic heterocycles. The van der Waals surface area contributed by atoms with E-state index in [1.165, 1.54) is 17.0 Å². The molecule has 3 aromatic rings. The van der Waals surface area contributed by atoms with Gasteiger partial charge in [0.2, 0.25) is 11.8 Å². The quantitative estimate of drug-likeness (QED) is 0.261. The molecule has 2 amide bonds. The molecule has 0 aromatic heterocycles. The highest BCUT2D eigenvalue weighted by Gasteiger charge is 2.35. The lowest BCUT2D eigenvalue weighted by atomic mass is 10.1. The lowest BCUT2D eigenvalue weighted by Gasteiger charge is -2.35. The maximum Gasteiger partial charge on any atom is 0.264 e. The van der Waals surface area contributed by atoms with Gasteiger partial charge < -0.3 is 10.2 Å². The summed E-state index contributed by atoms with van der Waals surface area (Å²) < 4.78 is 29.4. The van der Waals surface area contributed by atoms with Crippen LogP contribution in [0.2, 0.25) is 10.0 Å². The van der Waals surface area contributed by atoms with Crippen LogP contribution in [-0.2, 0) is 26.2 Å². The number of nitrogens with zero attached hydrogens (tertiary/aromatic N) is 2. The van der Waals surface area contributed by atoms with Gasteiger partial charge >= 0.3 is 0 Å². The first kappa shape index (κ1) is 31.9. The molecule has 0 spiro atoms. The summed E-state index contributed by atoms with van der Waals surface area (Å²) >= 11 is 16.3. The van der Waals surface area contributed by atoms with Gasteiger partial charge in [0.25, 0.3) is 10.0 Å². The zero-order valence-electron chi connectivity index (χ0n) is 22.7. The Bertz CT molecular complexity index is 1440. The van der Waals surface area contributed by atoms with Crippen LogP contribution in [0.25, 0.3) is 0 Å². The molecule has 1 atom stereocenters. The molecule has 40 heavy (non-hydrogen) atoms. The fourth-order valence-electron chi connectivity index (χ4n) is 4.11. The molecule has 0 radical (unpaired) electrons. The van der Waals surface area contributed by atoms with Crippen molar-refractivity contribution in [3.05, 3.63) is 92.9 Å². The summed E-state index contributed by atoms with van der Waals surface area (Å²) in [5.74, 6) is -0.960. The number of anilines is 1. The number of carbonyl (C=O) groups excluding carboxylic acids is 2. The zero-order valence-corrected chi connectivity index (χ0v) is 26.6. The van der Waals surface area contributed by atoms with Crippen molar-refractivity contribution in [3.63, 3.8) is 0 Å². The number of benzene rings is 3. The molecule has 0 unspecified atom stereocenters. The average Bonchev–Trinajstić information content (AvgIpc) is 2.88. The molecule has 0 saturated heterocycles. The third kappa shape index (κ3) is 8.00. The van der Waals surface area contributed by atoms with Crippen LogP contribution in [0.4, 0.5) is 5.69 Å². The van der Waals surface area contributed by atoms with Gasteiger partial charge in [-0.3, -0.25) is 13.9 Å². The van der Waals surface area contributed by atoms with Crippen LogP contribution in [0, 0.1) is 0 Å². The highest BCUT2D eigenvalue weighted by molar-refractivity contribution is 9.10. The van der Waals surface area contributed by atoms with Crippen molar-refractivity contribution in [1.29, 1.82) is 0 Å². The molecule has 3 aromatic carbocycles.